The maximum Gasteiger partial charge on any atom is 0.227 e. The van der Waals surface area contributed by atoms with Crippen molar-refractivity contribution in [1.29, 1.82) is 0 Å². The molecule has 1 saturated heterocycles. The molecule has 20 heavy (non-hydrogen) atoms. The van der Waals surface area contributed by atoms with Crippen molar-refractivity contribution in [3.8, 4) is 0 Å². The molecule has 0 amide bonds. The molecule has 0 atom stereocenters. The van der Waals surface area contributed by atoms with Gasteiger partial charge in [0.2, 0.25) is 5.89 Å². The van der Waals surface area contributed by atoms with Crippen molar-refractivity contribution < 1.29 is 8.91 Å². The topological polar surface area (TPSA) is 51.0 Å². The van der Waals surface area contributed by atoms with Gasteiger partial charge in [-0.2, -0.15) is 4.98 Å². The maximum atomic E-state index is 13.0. The van der Waals surface area contributed by atoms with Gasteiger partial charge in [-0.25, -0.2) is 4.39 Å². The molecule has 106 valence electrons. The molecular weight excluding hydrogens is 257 g/mol. The fourth-order valence-electron chi connectivity index (χ4n) is 2.33. The van der Waals surface area contributed by atoms with E-state index in [1.54, 1.807) is 12.1 Å². The summed E-state index contributed by atoms with van der Waals surface area (Å²) in [6, 6.07) is 6.44. The van der Waals surface area contributed by atoms with E-state index in [0.29, 0.717) is 17.6 Å². The molecule has 1 fully saturated rings. The fraction of sp³-hybridized carbons (Fsp3) is 0.467. The van der Waals surface area contributed by atoms with Crippen LogP contribution in [0.5, 0.6) is 0 Å². The molecule has 1 N–H and O–H groups in total. The molecule has 1 aliphatic rings. The van der Waals surface area contributed by atoms with E-state index < -0.39 is 5.41 Å². The van der Waals surface area contributed by atoms with E-state index >= 15 is 0 Å². The van der Waals surface area contributed by atoms with E-state index in [9.17, 15) is 4.39 Å². The number of hydrogen-bond donors (Lipinski definition) is 1. The molecule has 2 aromatic rings. The largest absolute Gasteiger partial charge is 0.339 e. The Balaban J connectivity index is 1.81. The van der Waals surface area contributed by atoms with E-state index in [4.69, 9.17) is 4.52 Å². The summed E-state index contributed by atoms with van der Waals surface area (Å²) >= 11 is 0. The lowest BCUT2D eigenvalue weighted by Crippen LogP contribution is -2.43. The maximum absolute atomic E-state index is 13.0. The third kappa shape index (κ3) is 2.45. The first-order chi connectivity index (χ1) is 9.55. The molecule has 5 heteroatoms. The lowest BCUT2D eigenvalue weighted by Gasteiger charge is -2.25. The van der Waals surface area contributed by atoms with Crippen LogP contribution in [0.4, 0.5) is 4.39 Å². The molecule has 0 aliphatic carbocycles. The smallest absolute Gasteiger partial charge is 0.227 e. The molecule has 0 radical (unpaired) electrons. The summed E-state index contributed by atoms with van der Waals surface area (Å²) in [7, 11) is 0. The summed E-state index contributed by atoms with van der Waals surface area (Å²) in [6.07, 6.45) is 0.819. The minimum atomic E-state index is -0.396. The van der Waals surface area contributed by atoms with Crippen LogP contribution in [0.2, 0.25) is 0 Å². The van der Waals surface area contributed by atoms with Crippen molar-refractivity contribution in [3.05, 3.63) is 47.4 Å². The molecule has 4 nitrogen and oxygen atoms in total. The SMILES string of the molecule is CC(C)(c1ccc(F)cc1)c1noc(CC2CNC2)n1. The van der Waals surface area contributed by atoms with Gasteiger partial charge in [-0.3, -0.25) is 0 Å². The molecule has 0 spiro atoms. The molecule has 1 aromatic carbocycles. The number of hydrogen-bond acceptors (Lipinski definition) is 4. The Labute approximate surface area is 117 Å². The molecular formula is C15H18FN3O. The molecule has 0 saturated carbocycles. The normalized spacial score (nSPS) is 16.1. The number of nitrogens with zero attached hydrogens (tertiary/aromatic N) is 2. The zero-order valence-electron chi connectivity index (χ0n) is 11.7. The Kier molecular flexibility index (Phi) is 3.30. The number of benzene rings is 1. The summed E-state index contributed by atoms with van der Waals surface area (Å²) in [6.45, 7) is 6.05. The fourth-order valence-corrected chi connectivity index (χ4v) is 2.33. The molecule has 1 aromatic heterocycles. The third-order valence-electron chi connectivity index (χ3n) is 3.92. The van der Waals surface area contributed by atoms with E-state index in [1.165, 1.54) is 12.1 Å². The lowest BCUT2D eigenvalue weighted by molar-refractivity contribution is 0.294. The average molecular weight is 275 g/mol. The number of rotatable bonds is 4. The summed E-state index contributed by atoms with van der Waals surface area (Å²) in [5, 5.41) is 7.32. The Morgan fingerprint density at radius 1 is 1.30 bits per heavy atom. The highest BCUT2D eigenvalue weighted by Crippen LogP contribution is 2.29. The molecule has 3 rings (SSSR count). The molecule has 2 heterocycles. The predicted molar refractivity (Wildman–Crippen MR) is 72.9 cm³/mol. The van der Waals surface area contributed by atoms with Crippen molar-refractivity contribution in [1.82, 2.24) is 15.5 Å². The summed E-state index contributed by atoms with van der Waals surface area (Å²) in [5.41, 5.74) is 0.574. The zero-order valence-corrected chi connectivity index (χ0v) is 11.7. The van der Waals surface area contributed by atoms with Gasteiger partial charge in [0.15, 0.2) is 5.82 Å². The predicted octanol–water partition coefficient (Wildman–Crippen LogP) is 2.30. The molecule has 0 unspecified atom stereocenters. The van der Waals surface area contributed by atoms with E-state index in [0.717, 1.165) is 25.1 Å². The first-order valence-electron chi connectivity index (χ1n) is 6.85. The van der Waals surface area contributed by atoms with Gasteiger partial charge in [0.1, 0.15) is 5.82 Å². The highest BCUT2D eigenvalue weighted by atomic mass is 19.1. The van der Waals surface area contributed by atoms with Crippen LogP contribution >= 0.6 is 0 Å². The van der Waals surface area contributed by atoms with Gasteiger partial charge in [0.25, 0.3) is 0 Å². The van der Waals surface area contributed by atoms with Crippen LogP contribution in [-0.2, 0) is 11.8 Å². The van der Waals surface area contributed by atoms with Gasteiger partial charge in [-0.05, 0) is 50.6 Å². The monoisotopic (exact) mass is 275 g/mol. The molecule has 1 aliphatic heterocycles. The van der Waals surface area contributed by atoms with E-state index in [2.05, 4.69) is 15.5 Å². The van der Waals surface area contributed by atoms with Crippen molar-refractivity contribution in [2.75, 3.05) is 13.1 Å². The standard InChI is InChI=1S/C15H18FN3O/c1-15(2,11-3-5-12(16)6-4-11)14-18-13(20-19-14)7-10-8-17-9-10/h3-6,10,17H,7-9H2,1-2H3. The Bertz CT molecular complexity index is 587. The Morgan fingerprint density at radius 2 is 2.00 bits per heavy atom. The Hall–Kier alpha value is -1.75. The van der Waals surface area contributed by atoms with Crippen molar-refractivity contribution in [3.63, 3.8) is 0 Å². The number of aromatic nitrogens is 2. The van der Waals surface area contributed by atoms with Gasteiger partial charge >= 0.3 is 0 Å². The first kappa shape index (κ1) is 13.2. The quantitative estimate of drug-likeness (QED) is 0.930. The van der Waals surface area contributed by atoms with Crippen LogP contribution in [0.15, 0.2) is 28.8 Å². The molecule has 0 bridgehead atoms. The second-order valence-electron chi connectivity index (χ2n) is 5.87. The second kappa shape index (κ2) is 4.98. The van der Waals surface area contributed by atoms with Crippen molar-refractivity contribution >= 4 is 0 Å². The van der Waals surface area contributed by atoms with Crippen LogP contribution in [0.3, 0.4) is 0 Å². The van der Waals surface area contributed by atoms with Gasteiger partial charge in [-0.15, -0.1) is 0 Å². The van der Waals surface area contributed by atoms with Gasteiger partial charge in [0.05, 0.1) is 5.41 Å². The highest BCUT2D eigenvalue weighted by molar-refractivity contribution is 5.30. The lowest BCUT2D eigenvalue weighted by atomic mass is 9.84. The van der Waals surface area contributed by atoms with Crippen molar-refractivity contribution in [2.24, 2.45) is 5.92 Å². The van der Waals surface area contributed by atoms with Crippen LogP contribution in [-0.4, -0.2) is 23.2 Å². The van der Waals surface area contributed by atoms with E-state index in [-0.39, 0.29) is 5.82 Å². The van der Waals surface area contributed by atoms with Gasteiger partial charge < -0.3 is 9.84 Å². The number of halogens is 1. The zero-order chi connectivity index (χ0) is 14.2. The highest BCUT2D eigenvalue weighted by Gasteiger charge is 2.30. The van der Waals surface area contributed by atoms with Crippen molar-refractivity contribution in [2.45, 2.75) is 25.7 Å². The average Bonchev–Trinajstić information content (AvgIpc) is 2.84. The summed E-state index contributed by atoms with van der Waals surface area (Å²) in [5.74, 6) is 1.68. The number of nitrogens with one attached hydrogen (secondary N) is 1. The van der Waals surface area contributed by atoms with Gasteiger partial charge in [-0.1, -0.05) is 17.3 Å². The Morgan fingerprint density at radius 3 is 2.60 bits per heavy atom. The van der Waals surface area contributed by atoms with Crippen LogP contribution in [0.1, 0.15) is 31.1 Å². The van der Waals surface area contributed by atoms with Crippen LogP contribution in [0, 0.1) is 11.7 Å². The van der Waals surface area contributed by atoms with E-state index in [1.807, 2.05) is 13.8 Å². The summed E-state index contributed by atoms with van der Waals surface area (Å²) in [4.78, 5) is 4.50. The first-order valence-corrected chi connectivity index (χ1v) is 6.85. The second-order valence-corrected chi connectivity index (χ2v) is 5.87. The third-order valence-corrected chi connectivity index (χ3v) is 3.92. The minimum absolute atomic E-state index is 0.240. The summed E-state index contributed by atoms with van der Waals surface area (Å²) < 4.78 is 18.4. The van der Waals surface area contributed by atoms with Crippen LogP contribution in [0.25, 0.3) is 0 Å². The minimum Gasteiger partial charge on any atom is -0.339 e. The van der Waals surface area contributed by atoms with Crippen LogP contribution < -0.4 is 5.32 Å². The van der Waals surface area contributed by atoms with Gasteiger partial charge in [0, 0.05) is 6.42 Å².